The number of hydrogen-bond donors (Lipinski definition) is 1. The zero-order valence-electron chi connectivity index (χ0n) is 13.1. The van der Waals surface area contributed by atoms with Gasteiger partial charge in [-0.3, -0.25) is 0 Å². The third-order valence-electron chi connectivity index (χ3n) is 4.60. The van der Waals surface area contributed by atoms with E-state index < -0.39 is 0 Å². The molecule has 2 aliphatic rings. The van der Waals surface area contributed by atoms with E-state index >= 15 is 0 Å². The molecule has 0 radical (unpaired) electrons. The number of likely N-dealkylation sites (N-methyl/N-ethyl adjacent to an activating group) is 1. The lowest BCUT2D eigenvalue weighted by molar-refractivity contribution is 0.337. The summed E-state index contributed by atoms with van der Waals surface area (Å²) in [6, 6.07) is 6.52. The first-order valence-corrected chi connectivity index (χ1v) is 8.11. The number of nitrogens with one attached hydrogen (secondary N) is 1. The first-order chi connectivity index (χ1) is 10.1. The lowest BCUT2D eigenvalue weighted by Gasteiger charge is -2.32. The summed E-state index contributed by atoms with van der Waals surface area (Å²) >= 11 is 0. The highest BCUT2D eigenvalue weighted by atomic mass is 19.1. The molecular weight excluding hydrogens is 265 g/mol. The van der Waals surface area contributed by atoms with Gasteiger partial charge in [0.25, 0.3) is 0 Å². The molecule has 0 amide bonds. The molecule has 3 rings (SSSR count). The Morgan fingerprint density at radius 1 is 1.29 bits per heavy atom. The Morgan fingerprint density at radius 3 is 2.86 bits per heavy atom. The number of anilines is 1. The van der Waals surface area contributed by atoms with Crippen LogP contribution in [0, 0.1) is 5.82 Å². The summed E-state index contributed by atoms with van der Waals surface area (Å²) in [5, 5.41) is 3.46. The van der Waals surface area contributed by atoms with Crippen molar-refractivity contribution in [2.45, 2.75) is 44.8 Å². The van der Waals surface area contributed by atoms with E-state index in [0.29, 0.717) is 18.6 Å². The molecule has 1 unspecified atom stereocenters. The van der Waals surface area contributed by atoms with Crippen molar-refractivity contribution < 1.29 is 4.39 Å². The van der Waals surface area contributed by atoms with E-state index in [4.69, 9.17) is 0 Å². The smallest absolute Gasteiger partial charge is 0.129 e. The number of benzene rings is 1. The van der Waals surface area contributed by atoms with E-state index in [1.807, 2.05) is 6.07 Å². The maximum absolute atomic E-state index is 14.3. The second-order valence-corrected chi connectivity index (χ2v) is 6.55. The van der Waals surface area contributed by atoms with Crippen LogP contribution < -0.4 is 10.2 Å². The first kappa shape index (κ1) is 14.8. The molecule has 0 aromatic heterocycles. The van der Waals surface area contributed by atoms with E-state index in [1.54, 1.807) is 6.07 Å². The van der Waals surface area contributed by atoms with Crippen LogP contribution in [0.15, 0.2) is 18.2 Å². The van der Waals surface area contributed by atoms with Crippen molar-refractivity contribution in [1.82, 2.24) is 10.2 Å². The van der Waals surface area contributed by atoms with Gasteiger partial charge in [-0.1, -0.05) is 6.07 Å². The predicted molar refractivity (Wildman–Crippen MR) is 85.2 cm³/mol. The number of nitrogens with zero attached hydrogens (tertiary/aromatic N) is 2. The fourth-order valence-corrected chi connectivity index (χ4v) is 3.26. The Kier molecular flexibility index (Phi) is 4.45. The van der Waals surface area contributed by atoms with Gasteiger partial charge >= 0.3 is 0 Å². The van der Waals surface area contributed by atoms with E-state index in [9.17, 15) is 4.39 Å². The van der Waals surface area contributed by atoms with Gasteiger partial charge in [-0.2, -0.15) is 0 Å². The van der Waals surface area contributed by atoms with Crippen molar-refractivity contribution in [3.63, 3.8) is 0 Å². The summed E-state index contributed by atoms with van der Waals surface area (Å²) in [4.78, 5) is 4.75. The molecule has 116 valence electrons. The van der Waals surface area contributed by atoms with Crippen molar-refractivity contribution in [3.8, 4) is 0 Å². The maximum atomic E-state index is 14.3. The van der Waals surface area contributed by atoms with Crippen LogP contribution >= 0.6 is 0 Å². The highest BCUT2D eigenvalue weighted by molar-refractivity contribution is 5.55. The fourth-order valence-electron chi connectivity index (χ4n) is 3.26. The zero-order chi connectivity index (χ0) is 14.8. The van der Waals surface area contributed by atoms with Crippen molar-refractivity contribution in [1.29, 1.82) is 0 Å². The molecule has 2 fully saturated rings. The normalized spacial score (nSPS) is 24.1. The largest absolute Gasteiger partial charge is 0.367 e. The minimum absolute atomic E-state index is 0.0783. The maximum Gasteiger partial charge on any atom is 0.129 e. The molecule has 0 bridgehead atoms. The number of halogens is 1. The zero-order valence-corrected chi connectivity index (χ0v) is 13.1. The Hall–Kier alpha value is -1.13. The molecule has 1 saturated carbocycles. The Morgan fingerprint density at radius 2 is 2.10 bits per heavy atom. The van der Waals surface area contributed by atoms with Gasteiger partial charge in [-0.05, 0) is 51.9 Å². The van der Waals surface area contributed by atoms with E-state index in [2.05, 4.69) is 35.2 Å². The van der Waals surface area contributed by atoms with Crippen molar-refractivity contribution >= 4 is 5.69 Å². The van der Waals surface area contributed by atoms with Gasteiger partial charge in [0, 0.05) is 43.0 Å². The Labute approximate surface area is 127 Å². The van der Waals surface area contributed by atoms with Crippen LogP contribution in [0.1, 0.15) is 31.7 Å². The second-order valence-electron chi connectivity index (χ2n) is 6.55. The quantitative estimate of drug-likeness (QED) is 0.920. The Balaban J connectivity index is 1.83. The van der Waals surface area contributed by atoms with Gasteiger partial charge in [0.2, 0.25) is 0 Å². The number of rotatable bonds is 4. The van der Waals surface area contributed by atoms with Crippen LogP contribution in [-0.4, -0.2) is 43.7 Å². The average molecular weight is 291 g/mol. The molecule has 1 heterocycles. The summed E-state index contributed by atoms with van der Waals surface area (Å²) in [6.45, 7) is 6.04. The van der Waals surface area contributed by atoms with Gasteiger partial charge in [0.1, 0.15) is 5.82 Å². The SMILES string of the molecule is CC1CN(C)CCCN1c1cccc(F)c1CNC1CC1. The average Bonchev–Trinajstić information content (AvgIpc) is 3.26. The predicted octanol–water partition coefficient (Wildman–Crippen LogP) is 2.61. The second kappa shape index (κ2) is 6.32. The van der Waals surface area contributed by atoms with E-state index in [-0.39, 0.29) is 5.82 Å². The molecule has 1 saturated heterocycles. The third-order valence-corrected chi connectivity index (χ3v) is 4.60. The standard InChI is InChI=1S/C17H26FN3/c1-13-12-20(2)9-4-10-21(13)17-6-3-5-16(18)15(17)11-19-14-7-8-14/h3,5-6,13-14,19H,4,7-12H2,1-2H3. The summed E-state index contributed by atoms with van der Waals surface area (Å²) in [6.07, 6.45) is 3.59. The topological polar surface area (TPSA) is 18.5 Å². The molecule has 21 heavy (non-hydrogen) atoms. The molecule has 1 N–H and O–H groups in total. The van der Waals surface area contributed by atoms with Crippen LogP contribution in [0.4, 0.5) is 10.1 Å². The van der Waals surface area contributed by atoms with Crippen LogP contribution in [0.3, 0.4) is 0 Å². The minimum atomic E-state index is -0.0783. The molecule has 3 nitrogen and oxygen atoms in total. The molecule has 1 aromatic carbocycles. The lowest BCUT2D eigenvalue weighted by Crippen LogP contribution is -2.38. The Bertz CT molecular complexity index is 487. The number of hydrogen-bond acceptors (Lipinski definition) is 3. The van der Waals surface area contributed by atoms with E-state index in [1.165, 1.54) is 12.8 Å². The summed E-state index contributed by atoms with van der Waals surface area (Å²) in [5.74, 6) is -0.0783. The van der Waals surface area contributed by atoms with Gasteiger partial charge in [0.15, 0.2) is 0 Å². The van der Waals surface area contributed by atoms with Crippen molar-refractivity contribution in [3.05, 3.63) is 29.6 Å². The highest BCUT2D eigenvalue weighted by Crippen LogP contribution is 2.28. The van der Waals surface area contributed by atoms with Gasteiger partial charge in [-0.25, -0.2) is 4.39 Å². The van der Waals surface area contributed by atoms with Crippen molar-refractivity contribution in [2.75, 3.05) is 31.6 Å². The van der Waals surface area contributed by atoms with Gasteiger partial charge in [0.05, 0.1) is 0 Å². The summed E-state index contributed by atoms with van der Waals surface area (Å²) in [7, 11) is 2.17. The van der Waals surface area contributed by atoms with E-state index in [0.717, 1.165) is 37.3 Å². The molecule has 1 aliphatic heterocycles. The van der Waals surface area contributed by atoms with Crippen LogP contribution in [0.5, 0.6) is 0 Å². The van der Waals surface area contributed by atoms with Gasteiger partial charge < -0.3 is 15.1 Å². The first-order valence-electron chi connectivity index (χ1n) is 8.11. The van der Waals surface area contributed by atoms with Crippen LogP contribution in [0.2, 0.25) is 0 Å². The molecule has 1 aliphatic carbocycles. The third kappa shape index (κ3) is 3.55. The molecule has 1 aromatic rings. The minimum Gasteiger partial charge on any atom is -0.367 e. The molecule has 1 atom stereocenters. The van der Waals surface area contributed by atoms with Gasteiger partial charge in [-0.15, -0.1) is 0 Å². The van der Waals surface area contributed by atoms with Crippen molar-refractivity contribution in [2.24, 2.45) is 0 Å². The summed E-state index contributed by atoms with van der Waals surface area (Å²) < 4.78 is 14.3. The monoisotopic (exact) mass is 291 g/mol. The fraction of sp³-hybridized carbons (Fsp3) is 0.647. The lowest BCUT2D eigenvalue weighted by atomic mass is 10.1. The van der Waals surface area contributed by atoms with Crippen LogP contribution in [-0.2, 0) is 6.54 Å². The van der Waals surface area contributed by atoms with Crippen LogP contribution in [0.25, 0.3) is 0 Å². The molecule has 0 spiro atoms. The molecule has 4 heteroatoms. The highest BCUT2D eigenvalue weighted by Gasteiger charge is 2.25. The molecular formula is C17H26FN3. The summed E-state index contributed by atoms with van der Waals surface area (Å²) in [5.41, 5.74) is 1.91.